The third-order valence-corrected chi connectivity index (χ3v) is 9.95. The van der Waals surface area contributed by atoms with Gasteiger partial charge in [0.2, 0.25) is 5.95 Å². The molecule has 0 bridgehead atoms. The van der Waals surface area contributed by atoms with E-state index in [1.807, 2.05) is 69.3 Å². The van der Waals surface area contributed by atoms with Gasteiger partial charge in [-0.1, -0.05) is 52.6 Å². The number of carboxylic acids is 3. The number of pyridine rings is 5. The predicted octanol–water partition coefficient (Wildman–Crippen LogP) is 11.9. The molecule has 0 unspecified atom stereocenters. The molecular weight excluding hydrogens is 882 g/mol. The highest BCUT2D eigenvalue weighted by Crippen LogP contribution is 2.29. The zero-order valence-electron chi connectivity index (χ0n) is 36.2. The topological polar surface area (TPSA) is 212 Å². The molecule has 338 valence electrons. The lowest BCUT2D eigenvalue weighted by atomic mass is 10.1. The maximum Gasteiger partial charge on any atom is 0.337 e. The summed E-state index contributed by atoms with van der Waals surface area (Å²) in [5, 5.41) is 37.2. The fourth-order valence-corrected chi connectivity index (χ4v) is 6.63. The van der Waals surface area contributed by atoms with Crippen LogP contribution >= 0.6 is 11.6 Å². The Balaban J connectivity index is 0.000000167. The van der Waals surface area contributed by atoms with E-state index in [0.717, 1.165) is 62.8 Å². The second-order valence-electron chi connectivity index (χ2n) is 14.8. The molecule has 0 aliphatic carbocycles. The Kier molecular flexibility index (Phi) is 15.6. The maximum absolute atomic E-state index is 13.0. The molecule has 0 fully saturated rings. The van der Waals surface area contributed by atoms with Crippen LogP contribution in [0.25, 0.3) is 22.6 Å². The van der Waals surface area contributed by atoms with Crippen LogP contribution in [0.1, 0.15) is 53.3 Å². The van der Waals surface area contributed by atoms with Crippen molar-refractivity contribution in [1.29, 1.82) is 0 Å². The van der Waals surface area contributed by atoms with Gasteiger partial charge in [-0.15, -0.1) is 0 Å². The van der Waals surface area contributed by atoms with Crippen LogP contribution in [-0.4, -0.2) is 58.1 Å². The van der Waals surface area contributed by atoms with E-state index in [4.69, 9.17) is 16.7 Å². The third-order valence-electron chi connectivity index (χ3n) is 9.65. The zero-order chi connectivity index (χ0) is 48.2. The van der Waals surface area contributed by atoms with Gasteiger partial charge in [0.1, 0.15) is 0 Å². The molecule has 0 atom stereocenters. The number of nitrogens with one attached hydrogen (secondary N) is 3. The van der Waals surface area contributed by atoms with E-state index in [2.05, 4.69) is 40.9 Å². The highest BCUT2D eigenvalue weighted by Gasteiger charge is 2.15. The SMILES string of the molecule is Cc1ccc(Nc2ccc(-c3ccncc3Cl)nc2)c(C(=O)O)c1.Cc1ccc(Nc2cnc(-c3ccccn3)c(C)c2)c(C(=O)O)c1.Cc1ccc(Nc2cnc(F)c(F)c2)c(C(=O)O)c1. The van der Waals surface area contributed by atoms with E-state index in [1.54, 1.807) is 80.4 Å². The number of aromatic carboxylic acids is 3. The molecule has 0 saturated heterocycles. The van der Waals surface area contributed by atoms with Gasteiger partial charge in [0.15, 0.2) is 5.82 Å². The zero-order valence-corrected chi connectivity index (χ0v) is 37.0. The molecule has 0 radical (unpaired) electrons. The highest BCUT2D eigenvalue weighted by atomic mass is 35.5. The van der Waals surface area contributed by atoms with Crippen LogP contribution in [0.2, 0.25) is 5.02 Å². The monoisotopic (exact) mass is 922 g/mol. The van der Waals surface area contributed by atoms with E-state index >= 15 is 0 Å². The predicted molar refractivity (Wildman–Crippen MR) is 253 cm³/mol. The van der Waals surface area contributed by atoms with Gasteiger partial charge in [-0.05, 0) is 106 Å². The lowest BCUT2D eigenvalue weighted by Crippen LogP contribution is -2.04. The molecule has 6 N–H and O–H groups in total. The fourth-order valence-electron chi connectivity index (χ4n) is 6.41. The normalized spacial score (nSPS) is 10.4. The van der Waals surface area contributed by atoms with E-state index in [-0.39, 0.29) is 28.1 Å². The maximum atomic E-state index is 13.0. The third kappa shape index (κ3) is 12.8. The molecule has 8 rings (SSSR count). The number of nitrogens with zero attached hydrogens (tertiary/aromatic N) is 5. The first kappa shape index (κ1) is 47.8. The number of carboxylic acid groups (broad SMARTS) is 3. The van der Waals surface area contributed by atoms with Crippen molar-refractivity contribution >= 4 is 63.6 Å². The van der Waals surface area contributed by atoms with Crippen molar-refractivity contribution in [2.45, 2.75) is 27.7 Å². The highest BCUT2D eigenvalue weighted by molar-refractivity contribution is 6.33. The molecule has 14 nitrogen and oxygen atoms in total. The minimum Gasteiger partial charge on any atom is -0.478 e. The molecule has 8 aromatic rings. The van der Waals surface area contributed by atoms with Crippen LogP contribution in [0, 0.1) is 39.5 Å². The molecule has 0 amide bonds. The van der Waals surface area contributed by atoms with Crippen molar-refractivity contribution in [2.75, 3.05) is 16.0 Å². The number of aromatic nitrogens is 5. The number of hydrogen-bond acceptors (Lipinski definition) is 11. The number of anilines is 6. The summed E-state index contributed by atoms with van der Waals surface area (Å²) in [5.41, 5.74) is 10.1. The van der Waals surface area contributed by atoms with E-state index < -0.39 is 29.7 Å². The van der Waals surface area contributed by atoms with Gasteiger partial charge < -0.3 is 31.3 Å². The number of aryl methyl sites for hydroxylation is 4. The van der Waals surface area contributed by atoms with Crippen LogP contribution in [0.4, 0.5) is 42.9 Å². The number of carbonyl (C=O) groups is 3. The van der Waals surface area contributed by atoms with Gasteiger partial charge in [0.05, 0.1) is 91.5 Å². The van der Waals surface area contributed by atoms with Gasteiger partial charge >= 0.3 is 17.9 Å². The Labute approximate surface area is 388 Å². The Morgan fingerprint density at radius 1 is 0.522 bits per heavy atom. The lowest BCUT2D eigenvalue weighted by molar-refractivity contribution is 0.0687. The van der Waals surface area contributed by atoms with E-state index in [0.29, 0.717) is 22.1 Å². The van der Waals surface area contributed by atoms with Crippen molar-refractivity contribution in [2.24, 2.45) is 0 Å². The van der Waals surface area contributed by atoms with Crippen molar-refractivity contribution in [1.82, 2.24) is 24.9 Å². The summed E-state index contributed by atoms with van der Waals surface area (Å²) in [6, 6.07) is 29.2. The molecule has 3 aromatic carbocycles. The van der Waals surface area contributed by atoms with E-state index in [9.17, 15) is 33.4 Å². The smallest absolute Gasteiger partial charge is 0.337 e. The largest absolute Gasteiger partial charge is 0.478 e. The minimum absolute atomic E-state index is 0.0460. The van der Waals surface area contributed by atoms with Crippen molar-refractivity contribution in [3.05, 3.63) is 196 Å². The second-order valence-corrected chi connectivity index (χ2v) is 15.2. The average Bonchev–Trinajstić information content (AvgIpc) is 3.30. The Morgan fingerprint density at radius 2 is 1.04 bits per heavy atom. The quantitative estimate of drug-likeness (QED) is 0.0666. The summed E-state index contributed by atoms with van der Waals surface area (Å²) < 4.78 is 25.7. The van der Waals surface area contributed by atoms with Crippen LogP contribution in [0.15, 0.2) is 140 Å². The first-order valence-corrected chi connectivity index (χ1v) is 20.5. The van der Waals surface area contributed by atoms with Gasteiger partial charge in [-0.3, -0.25) is 19.9 Å². The summed E-state index contributed by atoms with van der Waals surface area (Å²) in [6.07, 6.45) is 9.36. The standard InChI is InChI=1S/C19H17N3O2.C18H14ClN3O2.C13H10F2N2O2/c1-12-6-7-16(15(9-12)19(23)24)22-14-10-13(2)18(21-11-14)17-5-3-4-8-20-17;1-11-2-4-17(14(8-11)18(23)24)22-12-3-5-16(21-9-12)13-6-7-20-10-15(13)19;1-7-2-3-11(9(4-7)13(18)19)17-8-5-10(14)12(15)16-6-8/h3-11,22H,1-2H3,(H,23,24);2-10,22H,1H3,(H,23,24);2-6,17H,1H3,(H,18,19). The number of halogens is 3. The molecular formula is C50H41ClF2N8O6. The molecule has 0 aliphatic heterocycles. The van der Waals surface area contributed by atoms with Crippen LogP contribution < -0.4 is 16.0 Å². The Morgan fingerprint density at radius 3 is 1.51 bits per heavy atom. The molecule has 0 saturated carbocycles. The Bertz CT molecular complexity index is 3090. The first-order chi connectivity index (χ1) is 32.1. The van der Waals surface area contributed by atoms with Gasteiger partial charge in [-0.25, -0.2) is 23.8 Å². The number of hydrogen-bond donors (Lipinski definition) is 6. The minimum atomic E-state index is -1.20. The van der Waals surface area contributed by atoms with Gasteiger partial charge in [-0.2, -0.15) is 4.39 Å². The summed E-state index contributed by atoms with van der Waals surface area (Å²) in [7, 11) is 0. The van der Waals surface area contributed by atoms with Crippen molar-refractivity contribution in [3.8, 4) is 22.6 Å². The molecule has 0 spiro atoms. The molecule has 5 aromatic heterocycles. The summed E-state index contributed by atoms with van der Waals surface area (Å²) in [5.74, 6) is -5.35. The van der Waals surface area contributed by atoms with Crippen LogP contribution in [-0.2, 0) is 0 Å². The van der Waals surface area contributed by atoms with Crippen molar-refractivity contribution < 1.29 is 38.5 Å². The molecule has 67 heavy (non-hydrogen) atoms. The van der Waals surface area contributed by atoms with Gasteiger partial charge in [0.25, 0.3) is 0 Å². The molecule has 5 heterocycles. The van der Waals surface area contributed by atoms with Gasteiger partial charge in [0, 0.05) is 30.2 Å². The summed E-state index contributed by atoms with van der Waals surface area (Å²) in [4.78, 5) is 54.2. The summed E-state index contributed by atoms with van der Waals surface area (Å²) >= 11 is 6.12. The second kappa shape index (κ2) is 21.8. The lowest BCUT2D eigenvalue weighted by Gasteiger charge is -2.12. The number of benzene rings is 3. The summed E-state index contributed by atoms with van der Waals surface area (Å²) in [6.45, 7) is 7.43. The van der Waals surface area contributed by atoms with Crippen LogP contribution in [0.5, 0.6) is 0 Å². The van der Waals surface area contributed by atoms with E-state index in [1.165, 1.54) is 6.07 Å². The van der Waals surface area contributed by atoms with Crippen LogP contribution in [0.3, 0.4) is 0 Å². The Hall–Kier alpha value is -8.63. The first-order valence-electron chi connectivity index (χ1n) is 20.1. The molecule has 0 aliphatic rings. The number of rotatable bonds is 11. The average molecular weight is 923 g/mol. The molecule has 17 heteroatoms. The van der Waals surface area contributed by atoms with Crippen molar-refractivity contribution in [3.63, 3.8) is 0 Å². The fraction of sp³-hybridized carbons (Fsp3) is 0.0800.